The first kappa shape index (κ1) is 21.1. The number of rotatable bonds is 5. The van der Waals surface area contributed by atoms with Gasteiger partial charge in [0.2, 0.25) is 5.91 Å². The Kier molecular flexibility index (Phi) is 6.07. The van der Waals surface area contributed by atoms with Crippen LogP contribution in [0.3, 0.4) is 0 Å². The predicted molar refractivity (Wildman–Crippen MR) is 117 cm³/mol. The number of nitrogens with one attached hydrogen (secondary N) is 1. The number of benzene rings is 2. The molecule has 1 saturated heterocycles. The van der Waals surface area contributed by atoms with Gasteiger partial charge in [0.25, 0.3) is 5.91 Å². The summed E-state index contributed by atoms with van der Waals surface area (Å²) in [6.07, 6.45) is 1.67. The lowest BCUT2D eigenvalue weighted by Gasteiger charge is -2.31. The molecule has 1 aliphatic heterocycles. The van der Waals surface area contributed by atoms with E-state index in [9.17, 15) is 14.0 Å². The molecule has 2 aromatic carbocycles. The number of aryl methyl sites for hydroxylation is 2. The summed E-state index contributed by atoms with van der Waals surface area (Å²) in [5, 5.41) is 3.87. The monoisotopic (exact) mass is 422 g/mol. The second-order valence-corrected chi connectivity index (χ2v) is 8.21. The van der Waals surface area contributed by atoms with Gasteiger partial charge < -0.3 is 14.6 Å². The Morgan fingerprint density at radius 2 is 1.84 bits per heavy atom. The van der Waals surface area contributed by atoms with Crippen LogP contribution in [0.2, 0.25) is 0 Å². The minimum atomic E-state index is -0.250. The van der Waals surface area contributed by atoms with Crippen LogP contribution in [0.4, 0.5) is 4.39 Å². The molecule has 1 aromatic heterocycles. The maximum absolute atomic E-state index is 13.7. The second-order valence-electron chi connectivity index (χ2n) is 8.21. The highest BCUT2D eigenvalue weighted by Gasteiger charge is 2.30. The Labute approximate surface area is 181 Å². The average Bonchev–Trinajstić information content (AvgIpc) is 3.12. The Morgan fingerprint density at radius 3 is 2.55 bits per heavy atom. The van der Waals surface area contributed by atoms with Crippen LogP contribution >= 0.6 is 0 Å². The first-order valence-electron chi connectivity index (χ1n) is 10.7. The van der Waals surface area contributed by atoms with Crippen molar-refractivity contribution in [3.8, 4) is 0 Å². The molecular formula is C25H27FN2O3. The third-order valence-electron chi connectivity index (χ3n) is 6.16. The van der Waals surface area contributed by atoms with E-state index in [1.54, 1.807) is 23.1 Å². The van der Waals surface area contributed by atoms with Crippen molar-refractivity contribution in [3.63, 3.8) is 0 Å². The number of halogens is 1. The van der Waals surface area contributed by atoms with Crippen molar-refractivity contribution in [2.45, 2.75) is 33.1 Å². The minimum absolute atomic E-state index is 0.0287. The molecule has 0 radical (unpaired) electrons. The summed E-state index contributed by atoms with van der Waals surface area (Å²) in [6, 6.07) is 12.5. The van der Waals surface area contributed by atoms with E-state index < -0.39 is 0 Å². The maximum Gasteiger partial charge on any atom is 0.289 e. The van der Waals surface area contributed by atoms with Crippen molar-refractivity contribution in [3.05, 3.63) is 70.7 Å². The average molecular weight is 423 g/mol. The number of para-hydroxylation sites is 1. The highest BCUT2D eigenvalue weighted by molar-refractivity contribution is 5.99. The fourth-order valence-corrected chi connectivity index (χ4v) is 4.24. The van der Waals surface area contributed by atoms with Crippen LogP contribution in [0.25, 0.3) is 11.0 Å². The number of hydrogen-bond acceptors (Lipinski definition) is 3. The molecule has 6 heteroatoms. The van der Waals surface area contributed by atoms with Crippen molar-refractivity contribution in [2.24, 2.45) is 5.92 Å². The summed E-state index contributed by atoms with van der Waals surface area (Å²) in [4.78, 5) is 27.3. The zero-order valence-electron chi connectivity index (χ0n) is 17.9. The molecule has 0 atom stereocenters. The molecule has 2 amide bonds. The first-order valence-corrected chi connectivity index (χ1v) is 10.7. The smallest absolute Gasteiger partial charge is 0.289 e. The van der Waals surface area contributed by atoms with Gasteiger partial charge in [0.05, 0.1) is 0 Å². The highest BCUT2D eigenvalue weighted by atomic mass is 19.1. The normalized spacial score (nSPS) is 14.7. The van der Waals surface area contributed by atoms with E-state index in [0.717, 1.165) is 22.1 Å². The Hall–Kier alpha value is -3.15. The molecule has 1 aliphatic rings. The van der Waals surface area contributed by atoms with Crippen molar-refractivity contribution in [1.82, 2.24) is 10.2 Å². The zero-order valence-corrected chi connectivity index (χ0v) is 17.9. The maximum atomic E-state index is 13.7. The largest absolute Gasteiger partial charge is 0.450 e. The number of carbonyl (C=O) groups excluding carboxylic acids is 2. The molecule has 0 saturated carbocycles. The van der Waals surface area contributed by atoms with Crippen molar-refractivity contribution in [1.29, 1.82) is 0 Å². The number of likely N-dealkylation sites (tertiary alicyclic amines) is 1. The number of carbonyl (C=O) groups is 2. The Balaban J connectivity index is 1.32. The van der Waals surface area contributed by atoms with Gasteiger partial charge >= 0.3 is 0 Å². The molecule has 162 valence electrons. The third kappa shape index (κ3) is 4.33. The minimum Gasteiger partial charge on any atom is -0.450 e. The molecule has 3 aromatic rings. The second kappa shape index (κ2) is 8.92. The Bertz CT molecular complexity index is 1110. The van der Waals surface area contributed by atoms with Crippen LogP contribution in [0.1, 0.15) is 40.1 Å². The van der Waals surface area contributed by atoms with Crippen LogP contribution in [0.15, 0.2) is 46.9 Å². The molecule has 1 fully saturated rings. The topological polar surface area (TPSA) is 62.6 Å². The van der Waals surface area contributed by atoms with Crippen LogP contribution < -0.4 is 5.32 Å². The molecule has 5 nitrogen and oxygen atoms in total. The first-order chi connectivity index (χ1) is 15.0. The number of amides is 2. The number of furan rings is 1. The Morgan fingerprint density at radius 1 is 1.10 bits per heavy atom. The van der Waals surface area contributed by atoms with Gasteiger partial charge in [-0.3, -0.25) is 9.59 Å². The van der Waals surface area contributed by atoms with Crippen LogP contribution in [0, 0.1) is 25.6 Å². The number of piperidine rings is 1. The number of hydrogen-bond donors (Lipinski definition) is 1. The van der Waals surface area contributed by atoms with Crippen molar-refractivity contribution in [2.75, 3.05) is 19.6 Å². The molecule has 4 rings (SSSR count). The molecule has 0 spiro atoms. The van der Waals surface area contributed by atoms with Gasteiger partial charge in [-0.2, -0.15) is 0 Å². The number of nitrogens with zero attached hydrogens (tertiary/aromatic N) is 1. The van der Waals surface area contributed by atoms with Crippen molar-refractivity contribution < 1.29 is 18.4 Å². The van der Waals surface area contributed by atoms with Crippen LogP contribution in [-0.4, -0.2) is 36.3 Å². The van der Waals surface area contributed by atoms with Gasteiger partial charge in [-0.15, -0.1) is 0 Å². The third-order valence-corrected chi connectivity index (χ3v) is 6.16. The van der Waals surface area contributed by atoms with Gasteiger partial charge in [-0.25, -0.2) is 4.39 Å². The van der Waals surface area contributed by atoms with E-state index in [4.69, 9.17) is 4.42 Å². The van der Waals surface area contributed by atoms with E-state index in [1.807, 2.05) is 32.0 Å². The van der Waals surface area contributed by atoms with Crippen LogP contribution in [-0.2, 0) is 11.2 Å². The van der Waals surface area contributed by atoms with E-state index in [0.29, 0.717) is 50.2 Å². The lowest BCUT2D eigenvalue weighted by atomic mass is 9.95. The van der Waals surface area contributed by atoms with Gasteiger partial charge in [0.15, 0.2) is 5.76 Å². The summed E-state index contributed by atoms with van der Waals surface area (Å²) >= 11 is 0. The lowest BCUT2D eigenvalue weighted by Crippen LogP contribution is -2.43. The summed E-state index contributed by atoms with van der Waals surface area (Å²) < 4.78 is 19.6. The highest BCUT2D eigenvalue weighted by Crippen LogP contribution is 2.29. The zero-order chi connectivity index (χ0) is 22.0. The standard InChI is InChI=1S/C25H27FN2O3/c1-16-6-5-8-20-17(2)23(31-22(16)20)25(30)28-14-11-19(12-15-28)24(29)27-13-10-18-7-3-4-9-21(18)26/h3-9,19H,10-15H2,1-2H3,(H,27,29). The molecule has 2 heterocycles. The van der Waals surface area contributed by atoms with E-state index in [1.165, 1.54) is 6.07 Å². The molecule has 1 N–H and O–H groups in total. The number of fused-ring (bicyclic) bond motifs is 1. The summed E-state index contributed by atoms with van der Waals surface area (Å²) in [7, 11) is 0. The summed E-state index contributed by atoms with van der Waals surface area (Å²) in [5.74, 6) is -0.147. The quantitative estimate of drug-likeness (QED) is 0.663. The lowest BCUT2D eigenvalue weighted by molar-refractivity contribution is -0.126. The van der Waals surface area contributed by atoms with Gasteiger partial charge in [-0.1, -0.05) is 36.4 Å². The van der Waals surface area contributed by atoms with Gasteiger partial charge in [0.1, 0.15) is 11.4 Å². The van der Waals surface area contributed by atoms with Gasteiger partial charge in [0, 0.05) is 36.5 Å². The van der Waals surface area contributed by atoms with E-state index in [-0.39, 0.29) is 23.5 Å². The molecule has 0 bridgehead atoms. The van der Waals surface area contributed by atoms with E-state index >= 15 is 0 Å². The summed E-state index contributed by atoms with van der Waals surface area (Å²) in [5.41, 5.74) is 3.22. The fraction of sp³-hybridized carbons (Fsp3) is 0.360. The SMILES string of the molecule is Cc1c(C(=O)N2CCC(C(=O)NCCc3ccccc3F)CC2)oc2c(C)cccc12. The molecule has 0 aliphatic carbocycles. The van der Waals surface area contributed by atoms with Gasteiger partial charge in [-0.05, 0) is 50.3 Å². The molecule has 0 unspecified atom stereocenters. The molecule has 31 heavy (non-hydrogen) atoms. The van der Waals surface area contributed by atoms with E-state index in [2.05, 4.69) is 5.32 Å². The fourth-order valence-electron chi connectivity index (χ4n) is 4.24. The van der Waals surface area contributed by atoms with Crippen molar-refractivity contribution >= 4 is 22.8 Å². The van der Waals surface area contributed by atoms with Crippen LogP contribution in [0.5, 0.6) is 0 Å². The summed E-state index contributed by atoms with van der Waals surface area (Å²) in [6.45, 7) is 5.31. The molecular weight excluding hydrogens is 395 g/mol. The predicted octanol–water partition coefficient (Wildman–Crippen LogP) is 4.40.